The highest BCUT2D eigenvalue weighted by molar-refractivity contribution is 7.76. The van der Waals surface area contributed by atoms with E-state index in [1.54, 1.807) is 0 Å². The molecule has 2 aromatic carbocycles. The molecule has 0 spiro atoms. The van der Waals surface area contributed by atoms with Gasteiger partial charge in [0.1, 0.15) is 6.10 Å². The Labute approximate surface area is 147 Å². The molecule has 0 N–H and O–H groups in total. The Balaban J connectivity index is 1.70. The van der Waals surface area contributed by atoms with Crippen LogP contribution in [0.4, 0.5) is 0 Å². The summed E-state index contributed by atoms with van der Waals surface area (Å²) in [6.45, 7) is 1.42. The Morgan fingerprint density at radius 2 is 1.56 bits per heavy atom. The van der Waals surface area contributed by atoms with Gasteiger partial charge in [-0.3, -0.25) is 9.36 Å². The van der Waals surface area contributed by atoms with Crippen molar-refractivity contribution in [2.45, 2.75) is 31.5 Å². The fourth-order valence-corrected chi connectivity index (χ4v) is 6.86. The minimum Gasteiger partial charge on any atom is -0.458 e. The van der Waals surface area contributed by atoms with Gasteiger partial charge in [0.25, 0.3) is 0 Å². The Morgan fingerprint density at radius 1 is 1.00 bits per heavy atom. The molecular formula is C20H20NO3P. The maximum absolute atomic E-state index is 14.3. The van der Waals surface area contributed by atoms with Crippen LogP contribution in [0.2, 0.25) is 0 Å². The van der Waals surface area contributed by atoms with Crippen molar-refractivity contribution in [3.63, 3.8) is 0 Å². The smallest absolute Gasteiger partial charge is 0.303 e. The van der Waals surface area contributed by atoms with E-state index in [4.69, 9.17) is 4.74 Å². The van der Waals surface area contributed by atoms with E-state index >= 15 is 0 Å². The summed E-state index contributed by atoms with van der Waals surface area (Å²) in [4.78, 5) is 11.2. The average molecular weight is 353 g/mol. The van der Waals surface area contributed by atoms with Gasteiger partial charge < -0.3 is 4.74 Å². The summed E-state index contributed by atoms with van der Waals surface area (Å²) < 4.78 is 21.7. The second-order valence-corrected chi connectivity index (χ2v) is 9.10. The van der Waals surface area contributed by atoms with Gasteiger partial charge in [0, 0.05) is 30.0 Å². The number of esters is 1. The van der Waals surface area contributed by atoms with Gasteiger partial charge in [-0.1, -0.05) is 42.5 Å². The standard InChI is InChI=1S/C20H20NO3P/c1-15(22)24-16-12-13-19-20(14-16)21(19)25(23,17-8-4-2-5-9-17)18-10-6-3-7-11-18/h2-13,16,19-20H,14H2,1H3/t16-,19-,20+,21?/m1/s1. The minimum atomic E-state index is -2.91. The van der Waals surface area contributed by atoms with Gasteiger partial charge >= 0.3 is 5.97 Å². The lowest BCUT2D eigenvalue weighted by Crippen LogP contribution is -2.23. The van der Waals surface area contributed by atoms with Crippen molar-refractivity contribution < 1.29 is 14.1 Å². The van der Waals surface area contributed by atoms with Crippen LogP contribution in [0.25, 0.3) is 0 Å². The molecule has 0 saturated carbocycles. The van der Waals surface area contributed by atoms with E-state index in [0.29, 0.717) is 6.42 Å². The number of fused-ring (bicyclic) bond motifs is 1. The van der Waals surface area contributed by atoms with Crippen molar-refractivity contribution in [2.24, 2.45) is 0 Å². The van der Waals surface area contributed by atoms with Gasteiger partial charge in [0.2, 0.25) is 7.29 Å². The average Bonchev–Trinajstić information content (AvgIpc) is 3.36. The molecule has 2 aliphatic rings. The van der Waals surface area contributed by atoms with Crippen molar-refractivity contribution in [3.8, 4) is 0 Å². The molecule has 4 rings (SSSR count). The first-order valence-corrected chi connectivity index (χ1v) is 10.1. The van der Waals surface area contributed by atoms with Crippen LogP contribution in [0.5, 0.6) is 0 Å². The third-order valence-electron chi connectivity index (χ3n) is 4.80. The predicted molar refractivity (Wildman–Crippen MR) is 98.5 cm³/mol. The molecule has 2 aromatic rings. The topological polar surface area (TPSA) is 46.4 Å². The molecule has 0 radical (unpaired) electrons. The first-order valence-electron chi connectivity index (χ1n) is 8.46. The highest BCUT2D eigenvalue weighted by Gasteiger charge is 2.58. The summed E-state index contributed by atoms with van der Waals surface area (Å²) in [5.41, 5.74) is 0. The van der Waals surface area contributed by atoms with Crippen LogP contribution in [-0.4, -0.2) is 28.8 Å². The number of benzene rings is 2. The molecule has 5 heteroatoms. The second kappa shape index (κ2) is 6.29. The molecule has 4 atom stereocenters. The van der Waals surface area contributed by atoms with Gasteiger partial charge in [0.05, 0.1) is 6.04 Å². The van der Waals surface area contributed by atoms with Crippen LogP contribution < -0.4 is 10.6 Å². The number of carbonyl (C=O) groups is 1. The maximum atomic E-state index is 14.3. The van der Waals surface area contributed by atoms with E-state index in [-0.39, 0.29) is 24.2 Å². The lowest BCUT2D eigenvalue weighted by Gasteiger charge is -2.22. The van der Waals surface area contributed by atoms with Crippen LogP contribution in [-0.2, 0) is 14.1 Å². The number of hydrogen-bond donors (Lipinski definition) is 0. The van der Waals surface area contributed by atoms with E-state index in [1.165, 1.54) is 6.92 Å². The van der Waals surface area contributed by atoms with E-state index < -0.39 is 7.29 Å². The number of carbonyl (C=O) groups excluding carboxylic acids is 1. The van der Waals surface area contributed by atoms with Gasteiger partial charge in [0.15, 0.2) is 0 Å². The van der Waals surface area contributed by atoms with E-state index in [0.717, 1.165) is 10.6 Å². The summed E-state index contributed by atoms with van der Waals surface area (Å²) in [6.07, 6.45) is 4.40. The lowest BCUT2D eigenvalue weighted by molar-refractivity contribution is -0.144. The van der Waals surface area contributed by atoms with E-state index in [1.807, 2.05) is 72.8 Å². The van der Waals surface area contributed by atoms with Crippen molar-refractivity contribution in [1.29, 1.82) is 0 Å². The normalized spacial score (nSPS) is 27.4. The van der Waals surface area contributed by atoms with Crippen molar-refractivity contribution in [3.05, 3.63) is 72.8 Å². The number of hydrogen-bond acceptors (Lipinski definition) is 3. The first-order chi connectivity index (χ1) is 12.1. The van der Waals surface area contributed by atoms with Gasteiger partial charge in [-0.15, -0.1) is 0 Å². The summed E-state index contributed by atoms with van der Waals surface area (Å²) in [7, 11) is -2.91. The number of nitrogens with zero attached hydrogens (tertiary/aromatic N) is 1. The van der Waals surface area contributed by atoms with Gasteiger partial charge in [-0.2, -0.15) is 0 Å². The zero-order valence-electron chi connectivity index (χ0n) is 14.0. The predicted octanol–water partition coefficient (Wildman–Crippen LogP) is 2.86. The van der Waals surface area contributed by atoms with Crippen LogP contribution in [0, 0.1) is 0 Å². The van der Waals surface area contributed by atoms with Crippen molar-refractivity contribution in [2.75, 3.05) is 0 Å². The molecule has 128 valence electrons. The fraction of sp³-hybridized carbons (Fsp3) is 0.250. The largest absolute Gasteiger partial charge is 0.458 e. The first kappa shape index (κ1) is 16.3. The van der Waals surface area contributed by atoms with Gasteiger partial charge in [-0.25, -0.2) is 4.67 Å². The quantitative estimate of drug-likeness (QED) is 0.367. The SMILES string of the molecule is CC(=O)O[C@@H]1C=C[C@@H]2[C@H](C1)N2P(=O)(c1ccccc1)c1ccccc1. The number of ether oxygens (including phenoxy) is 1. The highest BCUT2D eigenvalue weighted by Crippen LogP contribution is 2.60. The molecule has 1 aliphatic heterocycles. The Hall–Kier alpha value is -2.16. The molecule has 1 fully saturated rings. The molecule has 0 amide bonds. The van der Waals surface area contributed by atoms with Crippen LogP contribution in [0.1, 0.15) is 13.3 Å². The molecule has 25 heavy (non-hydrogen) atoms. The van der Waals surface area contributed by atoms with Crippen LogP contribution in [0.15, 0.2) is 72.8 Å². The van der Waals surface area contributed by atoms with Crippen LogP contribution in [0.3, 0.4) is 0 Å². The zero-order chi connectivity index (χ0) is 17.4. The lowest BCUT2D eigenvalue weighted by atomic mass is 10.1. The van der Waals surface area contributed by atoms with Crippen molar-refractivity contribution in [1.82, 2.24) is 4.67 Å². The minimum absolute atomic E-state index is 0.137. The van der Waals surface area contributed by atoms with E-state index in [9.17, 15) is 9.36 Å². The molecule has 4 nitrogen and oxygen atoms in total. The highest BCUT2D eigenvalue weighted by atomic mass is 31.2. The Morgan fingerprint density at radius 3 is 2.08 bits per heavy atom. The molecule has 0 bridgehead atoms. The zero-order valence-corrected chi connectivity index (χ0v) is 14.9. The Kier molecular flexibility index (Phi) is 4.10. The van der Waals surface area contributed by atoms with Crippen molar-refractivity contribution >= 4 is 23.9 Å². The Bertz CT molecular complexity index is 806. The molecular weight excluding hydrogens is 333 g/mol. The van der Waals surface area contributed by atoms with Gasteiger partial charge in [-0.05, 0) is 30.3 Å². The summed E-state index contributed by atoms with van der Waals surface area (Å²) in [5.74, 6) is -0.283. The molecule has 1 saturated heterocycles. The van der Waals surface area contributed by atoms with Crippen LogP contribution >= 0.6 is 7.29 Å². The maximum Gasteiger partial charge on any atom is 0.303 e. The van der Waals surface area contributed by atoms with E-state index in [2.05, 4.69) is 4.67 Å². The molecule has 1 aliphatic carbocycles. The summed E-state index contributed by atoms with van der Waals surface area (Å²) in [6, 6.07) is 19.6. The monoisotopic (exact) mass is 353 g/mol. The molecule has 1 heterocycles. The fourth-order valence-electron chi connectivity index (χ4n) is 3.68. The third kappa shape index (κ3) is 2.86. The second-order valence-electron chi connectivity index (χ2n) is 6.45. The molecule has 1 unspecified atom stereocenters. The molecule has 0 aromatic heterocycles. The number of rotatable bonds is 4. The third-order valence-corrected chi connectivity index (χ3v) is 8.01. The summed E-state index contributed by atoms with van der Waals surface area (Å²) >= 11 is 0. The summed E-state index contributed by atoms with van der Waals surface area (Å²) in [5, 5.41) is 1.68.